The lowest BCUT2D eigenvalue weighted by molar-refractivity contribution is 0.0991. The molecule has 0 unspecified atom stereocenters. The molecule has 17 heavy (non-hydrogen) atoms. The number of benzene rings is 1. The smallest absolute Gasteiger partial charge is 0.179 e. The second-order valence-electron chi connectivity index (χ2n) is 3.78. The zero-order valence-corrected chi connectivity index (χ0v) is 10.8. The first-order valence-corrected chi connectivity index (χ1v) is 5.88. The molecule has 0 amide bonds. The van der Waals surface area contributed by atoms with Gasteiger partial charge in [0.2, 0.25) is 0 Å². The van der Waals surface area contributed by atoms with Crippen molar-refractivity contribution in [2.24, 2.45) is 0 Å². The van der Waals surface area contributed by atoms with E-state index in [0.717, 1.165) is 5.56 Å². The van der Waals surface area contributed by atoms with Crippen LogP contribution in [0.5, 0.6) is 0 Å². The summed E-state index contributed by atoms with van der Waals surface area (Å²) in [5.74, 6) is -0.427. The number of hydrogen-bond donors (Lipinski definition) is 0. The Hall–Kier alpha value is -1.42. The van der Waals surface area contributed by atoms with E-state index in [-0.39, 0.29) is 18.0 Å². The molecule has 0 radical (unpaired) electrons. The van der Waals surface area contributed by atoms with Crippen molar-refractivity contribution >= 4 is 21.7 Å². The normalized spacial score (nSPS) is 10.5. The number of furan rings is 1. The molecule has 1 aromatic carbocycles. The summed E-state index contributed by atoms with van der Waals surface area (Å²) >= 11 is 3.15. The number of carbonyl (C=O) groups is 1. The van der Waals surface area contributed by atoms with Gasteiger partial charge in [0.1, 0.15) is 5.82 Å². The highest BCUT2D eigenvalue weighted by atomic mass is 79.9. The summed E-state index contributed by atoms with van der Waals surface area (Å²) in [7, 11) is 0. The van der Waals surface area contributed by atoms with Gasteiger partial charge in [-0.05, 0) is 52.2 Å². The van der Waals surface area contributed by atoms with E-state index in [0.29, 0.717) is 15.8 Å². The monoisotopic (exact) mass is 296 g/mol. The number of rotatable bonds is 3. The predicted molar refractivity (Wildman–Crippen MR) is 65.6 cm³/mol. The predicted octanol–water partition coefficient (Wildman–Crippen LogP) is 3.92. The first-order valence-electron chi connectivity index (χ1n) is 5.09. The van der Waals surface area contributed by atoms with Gasteiger partial charge in [-0.15, -0.1) is 0 Å². The summed E-state index contributed by atoms with van der Waals surface area (Å²) < 4.78 is 18.5. The molecule has 0 atom stereocenters. The Morgan fingerprint density at radius 3 is 2.82 bits per heavy atom. The van der Waals surface area contributed by atoms with E-state index < -0.39 is 0 Å². The van der Waals surface area contributed by atoms with Gasteiger partial charge < -0.3 is 4.42 Å². The Morgan fingerprint density at radius 1 is 1.41 bits per heavy atom. The number of ketones is 1. The number of Topliss-reactive ketones (excluding diaryl/α,β-unsaturated/α-hetero) is 1. The Balaban J connectivity index is 2.24. The molecule has 88 valence electrons. The Labute approximate surface area is 107 Å². The number of aryl methyl sites for hydroxylation is 1. The molecule has 0 fully saturated rings. The Bertz CT molecular complexity index is 560. The van der Waals surface area contributed by atoms with Crippen LogP contribution in [-0.2, 0) is 6.42 Å². The molecule has 0 saturated carbocycles. The van der Waals surface area contributed by atoms with Crippen LogP contribution in [0, 0.1) is 12.7 Å². The number of halogens is 2. The quantitative estimate of drug-likeness (QED) is 0.804. The topological polar surface area (TPSA) is 30.2 Å². The van der Waals surface area contributed by atoms with Crippen LogP contribution in [0.3, 0.4) is 0 Å². The molecule has 1 aromatic heterocycles. The second-order valence-corrected chi connectivity index (χ2v) is 4.50. The van der Waals surface area contributed by atoms with Gasteiger partial charge in [-0.3, -0.25) is 4.79 Å². The van der Waals surface area contributed by atoms with Crippen LogP contribution < -0.4 is 0 Å². The van der Waals surface area contributed by atoms with Crippen molar-refractivity contribution in [1.29, 1.82) is 0 Å². The maximum Gasteiger partial charge on any atom is 0.179 e. The van der Waals surface area contributed by atoms with Crippen molar-refractivity contribution in [3.05, 3.63) is 57.7 Å². The van der Waals surface area contributed by atoms with Crippen LogP contribution in [0.2, 0.25) is 0 Å². The van der Waals surface area contributed by atoms with E-state index in [1.807, 2.05) is 6.92 Å². The molecule has 0 aliphatic rings. The van der Waals surface area contributed by atoms with Crippen LogP contribution >= 0.6 is 15.9 Å². The minimum atomic E-state index is -0.329. The molecule has 0 bridgehead atoms. The average Bonchev–Trinajstić information content (AvgIpc) is 2.70. The lowest BCUT2D eigenvalue weighted by Crippen LogP contribution is -2.04. The van der Waals surface area contributed by atoms with E-state index in [4.69, 9.17) is 4.42 Å². The lowest BCUT2D eigenvalue weighted by atomic mass is 10.0. The highest BCUT2D eigenvalue weighted by Gasteiger charge is 2.14. The molecular weight excluding hydrogens is 287 g/mol. The molecule has 0 aliphatic heterocycles. The minimum absolute atomic E-state index is 0.0978. The highest BCUT2D eigenvalue weighted by Crippen LogP contribution is 2.20. The molecule has 2 nitrogen and oxygen atoms in total. The molecular formula is C13H10BrFO2. The fourth-order valence-corrected chi connectivity index (χ4v) is 2.05. The third-order valence-electron chi connectivity index (χ3n) is 2.58. The first kappa shape index (κ1) is 12.0. The van der Waals surface area contributed by atoms with E-state index in [1.54, 1.807) is 12.1 Å². The van der Waals surface area contributed by atoms with E-state index in [9.17, 15) is 9.18 Å². The van der Waals surface area contributed by atoms with Crippen molar-refractivity contribution in [2.45, 2.75) is 13.3 Å². The Kier molecular flexibility index (Phi) is 3.43. The van der Waals surface area contributed by atoms with Gasteiger partial charge in [0.25, 0.3) is 0 Å². The van der Waals surface area contributed by atoms with E-state index in [2.05, 4.69) is 15.9 Å². The third-order valence-corrected chi connectivity index (χ3v) is 3.19. The zero-order valence-electron chi connectivity index (χ0n) is 9.17. The van der Waals surface area contributed by atoms with Gasteiger partial charge in [0.15, 0.2) is 10.5 Å². The van der Waals surface area contributed by atoms with Gasteiger partial charge in [-0.25, -0.2) is 4.39 Å². The summed E-state index contributed by atoms with van der Waals surface area (Å²) in [6, 6.07) is 6.04. The van der Waals surface area contributed by atoms with Gasteiger partial charge >= 0.3 is 0 Å². The molecule has 0 aliphatic carbocycles. The van der Waals surface area contributed by atoms with Gasteiger partial charge in [-0.2, -0.15) is 0 Å². The van der Waals surface area contributed by atoms with Crippen LogP contribution in [0.25, 0.3) is 0 Å². The van der Waals surface area contributed by atoms with Crippen molar-refractivity contribution in [3.63, 3.8) is 0 Å². The van der Waals surface area contributed by atoms with Gasteiger partial charge in [0.05, 0.1) is 11.8 Å². The second kappa shape index (κ2) is 4.84. The molecule has 0 spiro atoms. The summed E-state index contributed by atoms with van der Waals surface area (Å²) in [5, 5.41) is 0. The largest absolute Gasteiger partial charge is 0.457 e. The minimum Gasteiger partial charge on any atom is -0.457 e. The summed E-state index contributed by atoms with van der Waals surface area (Å²) in [6.07, 6.45) is 1.61. The maximum atomic E-state index is 13.1. The maximum absolute atomic E-state index is 13.1. The summed E-state index contributed by atoms with van der Waals surface area (Å²) in [6.45, 7) is 1.85. The summed E-state index contributed by atoms with van der Waals surface area (Å²) in [5.41, 5.74) is 2.08. The third kappa shape index (κ3) is 2.64. The van der Waals surface area contributed by atoms with Crippen molar-refractivity contribution in [2.75, 3.05) is 0 Å². The molecule has 0 saturated heterocycles. The standard InChI is InChI=1S/C13H10BrFO2/c1-8-2-3-10(15)6-9(8)7-12(16)11-4-5-17-13(11)14/h2-6H,7H2,1H3. The molecule has 2 aromatic rings. The molecule has 2 rings (SSSR count). The van der Waals surface area contributed by atoms with Crippen LogP contribution in [0.1, 0.15) is 21.5 Å². The fourth-order valence-electron chi connectivity index (χ4n) is 1.59. The fraction of sp³-hybridized carbons (Fsp3) is 0.154. The van der Waals surface area contributed by atoms with Crippen molar-refractivity contribution in [3.8, 4) is 0 Å². The first-order chi connectivity index (χ1) is 8.08. The molecule has 4 heteroatoms. The lowest BCUT2D eigenvalue weighted by Gasteiger charge is -2.04. The number of hydrogen-bond acceptors (Lipinski definition) is 2. The zero-order chi connectivity index (χ0) is 12.4. The van der Waals surface area contributed by atoms with Crippen LogP contribution in [0.4, 0.5) is 4.39 Å². The van der Waals surface area contributed by atoms with Crippen molar-refractivity contribution < 1.29 is 13.6 Å². The van der Waals surface area contributed by atoms with Crippen molar-refractivity contribution in [1.82, 2.24) is 0 Å². The van der Waals surface area contributed by atoms with Gasteiger partial charge in [-0.1, -0.05) is 6.07 Å². The molecule has 0 N–H and O–H groups in total. The highest BCUT2D eigenvalue weighted by molar-refractivity contribution is 9.10. The summed E-state index contributed by atoms with van der Waals surface area (Å²) in [4.78, 5) is 11.9. The van der Waals surface area contributed by atoms with E-state index in [1.165, 1.54) is 18.4 Å². The van der Waals surface area contributed by atoms with Crippen LogP contribution in [-0.4, -0.2) is 5.78 Å². The number of carbonyl (C=O) groups excluding carboxylic acids is 1. The van der Waals surface area contributed by atoms with Crippen LogP contribution in [0.15, 0.2) is 39.6 Å². The SMILES string of the molecule is Cc1ccc(F)cc1CC(=O)c1ccoc1Br. The average molecular weight is 297 g/mol. The Morgan fingerprint density at radius 2 is 2.18 bits per heavy atom. The van der Waals surface area contributed by atoms with Gasteiger partial charge in [0, 0.05) is 6.42 Å². The van der Waals surface area contributed by atoms with E-state index >= 15 is 0 Å². The molecule has 1 heterocycles.